The highest BCUT2D eigenvalue weighted by Gasteiger charge is 2.49. The first kappa shape index (κ1) is 13.0. The van der Waals surface area contributed by atoms with Crippen LogP contribution in [-0.4, -0.2) is 43.5 Å². The zero-order chi connectivity index (χ0) is 12.5. The van der Waals surface area contributed by atoms with Gasteiger partial charge in [-0.1, -0.05) is 13.8 Å². The van der Waals surface area contributed by atoms with Crippen molar-refractivity contribution >= 4 is 5.78 Å². The predicted molar refractivity (Wildman–Crippen MR) is 67.9 cm³/mol. The van der Waals surface area contributed by atoms with E-state index in [2.05, 4.69) is 18.7 Å². The molecule has 0 amide bonds. The number of hydrogen-bond acceptors (Lipinski definition) is 3. The van der Waals surface area contributed by atoms with Crippen LogP contribution in [-0.2, 0) is 9.53 Å². The molecule has 0 bridgehead atoms. The highest BCUT2D eigenvalue weighted by molar-refractivity contribution is 5.80. The van der Waals surface area contributed by atoms with Crippen LogP contribution in [0.3, 0.4) is 0 Å². The Balaban J connectivity index is 1.75. The van der Waals surface area contributed by atoms with E-state index in [1.807, 2.05) is 0 Å². The van der Waals surface area contributed by atoms with Gasteiger partial charge in [0, 0.05) is 19.0 Å². The Hall–Kier alpha value is -0.410. The lowest BCUT2D eigenvalue weighted by Gasteiger charge is -2.52. The molecule has 3 nitrogen and oxygen atoms in total. The Bertz CT molecular complexity index is 282. The average Bonchev–Trinajstić information content (AvgIpc) is 2.28. The monoisotopic (exact) mass is 239 g/mol. The maximum Gasteiger partial charge on any atom is 0.133 e. The molecule has 1 saturated heterocycles. The van der Waals surface area contributed by atoms with E-state index in [0.29, 0.717) is 11.7 Å². The summed E-state index contributed by atoms with van der Waals surface area (Å²) in [4.78, 5) is 14.0. The molecule has 2 fully saturated rings. The minimum atomic E-state index is 0.220. The normalized spacial score (nSPS) is 33.1. The molecule has 0 aromatic carbocycles. The van der Waals surface area contributed by atoms with E-state index in [1.165, 1.54) is 13.0 Å². The Morgan fingerprint density at radius 1 is 1.35 bits per heavy atom. The second kappa shape index (κ2) is 5.07. The molecular weight excluding hydrogens is 214 g/mol. The largest absolute Gasteiger partial charge is 0.379 e. The van der Waals surface area contributed by atoms with Crippen molar-refractivity contribution in [2.75, 3.05) is 32.8 Å². The summed E-state index contributed by atoms with van der Waals surface area (Å²) in [7, 11) is 0. The molecule has 1 saturated carbocycles. The van der Waals surface area contributed by atoms with E-state index in [9.17, 15) is 4.79 Å². The van der Waals surface area contributed by atoms with Crippen molar-refractivity contribution in [3.63, 3.8) is 0 Å². The number of carbonyl (C=O) groups excluding carboxylic acids is 1. The van der Waals surface area contributed by atoms with Gasteiger partial charge in [0.25, 0.3) is 0 Å². The first-order valence-electron chi connectivity index (χ1n) is 6.82. The molecule has 2 rings (SSSR count). The summed E-state index contributed by atoms with van der Waals surface area (Å²) in [5, 5.41) is 0. The lowest BCUT2D eigenvalue weighted by Crippen LogP contribution is -2.49. The zero-order valence-electron chi connectivity index (χ0n) is 11.4. The maximum absolute atomic E-state index is 11.5. The van der Waals surface area contributed by atoms with Gasteiger partial charge in [0.2, 0.25) is 0 Å². The molecule has 1 aliphatic carbocycles. The van der Waals surface area contributed by atoms with Crippen LogP contribution in [0.4, 0.5) is 0 Å². The van der Waals surface area contributed by atoms with Crippen molar-refractivity contribution in [2.24, 2.45) is 17.3 Å². The number of Topliss-reactive ketones (excluding diaryl/α,β-unsaturated/α-hetero) is 1. The minimum Gasteiger partial charge on any atom is -0.379 e. The van der Waals surface area contributed by atoms with E-state index < -0.39 is 0 Å². The van der Waals surface area contributed by atoms with E-state index >= 15 is 0 Å². The number of carbonyl (C=O) groups is 1. The SMILES string of the molecule is CC(=O)C1CC(CCN2CCOCC2)C1(C)C. The molecule has 0 aromatic rings. The van der Waals surface area contributed by atoms with Gasteiger partial charge in [-0.15, -0.1) is 0 Å². The number of morpholine rings is 1. The van der Waals surface area contributed by atoms with Gasteiger partial charge in [0.1, 0.15) is 5.78 Å². The predicted octanol–water partition coefficient (Wildman–Crippen LogP) is 1.96. The van der Waals surface area contributed by atoms with Gasteiger partial charge in [-0.05, 0) is 37.6 Å². The van der Waals surface area contributed by atoms with Crippen molar-refractivity contribution < 1.29 is 9.53 Å². The fraction of sp³-hybridized carbons (Fsp3) is 0.929. The van der Waals surface area contributed by atoms with Gasteiger partial charge in [0.15, 0.2) is 0 Å². The molecule has 0 N–H and O–H groups in total. The molecule has 1 aliphatic heterocycles. The van der Waals surface area contributed by atoms with Gasteiger partial charge in [0.05, 0.1) is 13.2 Å². The lowest BCUT2D eigenvalue weighted by molar-refractivity contribution is -0.136. The number of nitrogens with zero attached hydrogens (tertiary/aromatic N) is 1. The Morgan fingerprint density at radius 2 is 2.00 bits per heavy atom. The molecule has 0 aromatic heterocycles. The molecule has 2 aliphatic rings. The highest BCUT2D eigenvalue weighted by Crippen LogP contribution is 2.53. The van der Waals surface area contributed by atoms with E-state index in [-0.39, 0.29) is 5.41 Å². The fourth-order valence-corrected chi connectivity index (χ4v) is 3.36. The van der Waals surface area contributed by atoms with Crippen molar-refractivity contribution in [1.82, 2.24) is 4.90 Å². The number of hydrogen-bond donors (Lipinski definition) is 0. The fourth-order valence-electron chi connectivity index (χ4n) is 3.36. The van der Waals surface area contributed by atoms with E-state index in [0.717, 1.165) is 38.6 Å². The van der Waals surface area contributed by atoms with E-state index in [4.69, 9.17) is 4.74 Å². The van der Waals surface area contributed by atoms with Crippen LogP contribution in [0.5, 0.6) is 0 Å². The Labute approximate surface area is 105 Å². The summed E-state index contributed by atoms with van der Waals surface area (Å²) in [5.41, 5.74) is 0.220. The Kier molecular flexibility index (Phi) is 3.88. The van der Waals surface area contributed by atoms with Crippen LogP contribution in [0.25, 0.3) is 0 Å². The van der Waals surface area contributed by atoms with Gasteiger partial charge < -0.3 is 4.74 Å². The minimum absolute atomic E-state index is 0.220. The maximum atomic E-state index is 11.5. The lowest BCUT2D eigenvalue weighted by atomic mass is 9.53. The van der Waals surface area contributed by atoms with Crippen LogP contribution in [0.15, 0.2) is 0 Å². The molecule has 0 radical (unpaired) electrons. The summed E-state index contributed by atoms with van der Waals surface area (Å²) in [6.45, 7) is 11.3. The number of ketones is 1. The highest BCUT2D eigenvalue weighted by atomic mass is 16.5. The summed E-state index contributed by atoms with van der Waals surface area (Å²) >= 11 is 0. The topological polar surface area (TPSA) is 29.5 Å². The summed E-state index contributed by atoms with van der Waals surface area (Å²) < 4.78 is 5.35. The summed E-state index contributed by atoms with van der Waals surface area (Å²) in [6, 6.07) is 0. The molecule has 0 spiro atoms. The third-order valence-corrected chi connectivity index (χ3v) is 4.86. The van der Waals surface area contributed by atoms with Gasteiger partial charge in [-0.25, -0.2) is 0 Å². The standard InChI is InChI=1S/C14H25NO2/c1-11(16)13-10-12(14(13,2)3)4-5-15-6-8-17-9-7-15/h12-13H,4-10H2,1-3H3. The summed E-state index contributed by atoms with van der Waals surface area (Å²) in [6.07, 6.45) is 2.34. The van der Waals surface area contributed by atoms with Gasteiger partial charge in [-0.3, -0.25) is 9.69 Å². The van der Waals surface area contributed by atoms with Gasteiger partial charge >= 0.3 is 0 Å². The first-order valence-corrected chi connectivity index (χ1v) is 6.82. The van der Waals surface area contributed by atoms with E-state index in [1.54, 1.807) is 6.92 Å². The second-order valence-electron chi connectivity index (χ2n) is 6.16. The molecule has 98 valence electrons. The van der Waals surface area contributed by atoms with Crippen LogP contribution in [0.1, 0.15) is 33.6 Å². The molecule has 2 atom stereocenters. The molecule has 3 heteroatoms. The van der Waals surface area contributed by atoms with Crippen molar-refractivity contribution in [1.29, 1.82) is 0 Å². The van der Waals surface area contributed by atoms with Crippen LogP contribution < -0.4 is 0 Å². The first-order chi connectivity index (χ1) is 8.01. The third-order valence-electron chi connectivity index (χ3n) is 4.86. The smallest absolute Gasteiger partial charge is 0.133 e. The Morgan fingerprint density at radius 3 is 2.53 bits per heavy atom. The number of rotatable bonds is 4. The van der Waals surface area contributed by atoms with Crippen LogP contribution in [0.2, 0.25) is 0 Å². The summed E-state index contributed by atoms with van der Waals surface area (Å²) in [5.74, 6) is 1.40. The zero-order valence-corrected chi connectivity index (χ0v) is 11.4. The van der Waals surface area contributed by atoms with Crippen molar-refractivity contribution in [2.45, 2.75) is 33.6 Å². The van der Waals surface area contributed by atoms with Crippen molar-refractivity contribution in [3.8, 4) is 0 Å². The van der Waals surface area contributed by atoms with Crippen LogP contribution >= 0.6 is 0 Å². The van der Waals surface area contributed by atoms with Crippen molar-refractivity contribution in [3.05, 3.63) is 0 Å². The number of ether oxygens (including phenoxy) is 1. The molecular formula is C14H25NO2. The van der Waals surface area contributed by atoms with Gasteiger partial charge in [-0.2, -0.15) is 0 Å². The second-order valence-corrected chi connectivity index (χ2v) is 6.16. The molecule has 1 heterocycles. The third kappa shape index (κ3) is 2.71. The quantitative estimate of drug-likeness (QED) is 0.751. The molecule has 2 unspecified atom stereocenters. The van der Waals surface area contributed by atoms with Crippen LogP contribution in [0, 0.1) is 17.3 Å². The average molecular weight is 239 g/mol. The molecule has 17 heavy (non-hydrogen) atoms.